The van der Waals surface area contributed by atoms with E-state index in [1.807, 2.05) is 30.3 Å². The van der Waals surface area contributed by atoms with Crippen LogP contribution in [0.15, 0.2) is 47.6 Å². The first-order valence-corrected chi connectivity index (χ1v) is 8.39. The lowest BCUT2D eigenvalue weighted by Gasteiger charge is -2.29. The molecule has 0 saturated heterocycles. The van der Waals surface area contributed by atoms with E-state index in [2.05, 4.69) is 5.10 Å². The molecule has 0 spiro atoms. The van der Waals surface area contributed by atoms with Gasteiger partial charge in [0.2, 0.25) is 5.91 Å². The molecule has 2 atom stereocenters. The maximum absolute atomic E-state index is 13.8. The normalized spacial score (nSPS) is 21.4. The number of aryl methyl sites for hydroxylation is 1. The quantitative estimate of drug-likeness (QED) is 0.838. The van der Waals surface area contributed by atoms with Crippen LogP contribution in [0.2, 0.25) is 0 Å². The molecule has 5 heteroatoms. The molecule has 2 aromatic carbocycles. The second-order valence-corrected chi connectivity index (χ2v) is 6.51. The van der Waals surface area contributed by atoms with E-state index >= 15 is 0 Å². The Kier molecular flexibility index (Phi) is 3.79. The van der Waals surface area contributed by atoms with Gasteiger partial charge in [-0.05, 0) is 48.2 Å². The van der Waals surface area contributed by atoms with E-state index in [0.29, 0.717) is 0 Å². The van der Waals surface area contributed by atoms with Crippen LogP contribution in [0.25, 0.3) is 0 Å². The first-order chi connectivity index (χ1) is 12.1. The molecule has 4 rings (SSSR count). The molecule has 1 heterocycles. The number of ether oxygens (including phenoxy) is 1. The molecular weight excluding hydrogens is 319 g/mol. The number of rotatable bonds is 2. The number of halogens is 1. The zero-order valence-electron chi connectivity index (χ0n) is 14.2. The summed E-state index contributed by atoms with van der Waals surface area (Å²) in [5.41, 5.74) is 3.75. The zero-order valence-corrected chi connectivity index (χ0v) is 14.2. The van der Waals surface area contributed by atoms with Gasteiger partial charge < -0.3 is 4.74 Å². The van der Waals surface area contributed by atoms with Gasteiger partial charge in [-0.25, -0.2) is 9.40 Å². The second-order valence-electron chi connectivity index (χ2n) is 6.51. The van der Waals surface area contributed by atoms with Crippen LogP contribution in [0, 0.1) is 11.7 Å². The molecule has 1 aliphatic carbocycles. The van der Waals surface area contributed by atoms with Crippen LogP contribution in [-0.2, 0) is 11.2 Å². The third-order valence-corrected chi connectivity index (χ3v) is 5.06. The van der Waals surface area contributed by atoms with Gasteiger partial charge in [0.25, 0.3) is 0 Å². The van der Waals surface area contributed by atoms with Gasteiger partial charge in [0.05, 0.1) is 18.9 Å². The Morgan fingerprint density at radius 3 is 2.68 bits per heavy atom. The molecule has 0 radical (unpaired) electrons. The number of methoxy groups -OCH3 is 1. The van der Waals surface area contributed by atoms with Crippen LogP contribution in [0.3, 0.4) is 0 Å². The maximum Gasteiger partial charge on any atom is 0.240 e. The number of hydrazone groups is 1. The van der Waals surface area contributed by atoms with Crippen LogP contribution < -0.4 is 4.74 Å². The number of nitrogens with zero attached hydrogens (tertiary/aromatic N) is 2. The molecule has 1 amide bonds. The predicted molar refractivity (Wildman–Crippen MR) is 93.0 cm³/mol. The van der Waals surface area contributed by atoms with Crippen molar-refractivity contribution in [1.82, 2.24) is 5.01 Å². The first-order valence-electron chi connectivity index (χ1n) is 8.39. The van der Waals surface area contributed by atoms with E-state index in [9.17, 15) is 9.18 Å². The Labute approximate surface area is 145 Å². The summed E-state index contributed by atoms with van der Waals surface area (Å²) in [4.78, 5) is 12.2. The lowest BCUT2D eigenvalue weighted by molar-refractivity contribution is -0.131. The third-order valence-electron chi connectivity index (χ3n) is 5.06. The molecule has 128 valence electrons. The number of hydrogen-bond acceptors (Lipinski definition) is 3. The summed E-state index contributed by atoms with van der Waals surface area (Å²) in [7, 11) is 1.63. The minimum Gasteiger partial charge on any atom is -0.497 e. The summed E-state index contributed by atoms with van der Waals surface area (Å²) >= 11 is 0. The van der Waals surface area contributed by atoms with Gasteiger partial charge in [-0.2, -0.15) is 5.10 Å². The monoisotopic (exact) mass is 338 g/mol. The lowest BCUT2D eigenvalue weighted by Crippen LogP contribution is -2.31. The summed E-state index contributed by atoms with van der Waals surface area (Å²) in [6.07, 6.45) is 1.75. The van der Waals surface area contributed by atoms with Gasteiger partial charge in [-0.15, -0.1) is 0 Å². The number of fused-ring (bicyclic) bond motifs is 3. The molecule has 1 aliphatic heterocycles. The van der Waals surface area contributed by atoms with Crippen LogP contribution in [-0.4, -0.2) is 23.7 Å². The highest BCUT2D eigenvalue weighted by Gasteiger charge is 2.43. The van der Waals surface area contributed by atoms with Crippen molar-refractivity contribution in [1.29, 1.82) is 0 Å². The van der Waals surface area contributed by atoms with E-state index in [1.54, 1.807) is 12.1 Å². The number of carbonyl (C=O) groups excluding carboxylic acids is 1. The Morgan fingerprint density at radius 1 is 1.24 bits per heavy atom. The Hall–Kier alpha value is -2.69. The molecular formula is C20H19FN2O2. The van der Waals surface area contributed by atoms with Gasteiger partial charge in [0.15, 0.2) is 0 Å². The van der Waals surface area contributed by atoms with Crippen LogP contribution in [0.1, 0.15) is 36.1 Å². The fourth-order valence-electron chi connectivity index (χ4n) is 3.88. The third kappa shape index (κ3) is 2.60. The summed E-state index contributed by atoms with van der Waals surface area (Å²) in [6.45, 7) is 1.52. The lowest BCUT2D eigenvalue weighted by atomic mass is 9.77. The van der Waals surface area contributed by atoms with E-state index in [1.165, 1.54) is 19.1 Å². The maximum atomic E-state index is 13.8. The van der Waals surface area contributed by atoms with E-state index in [-0.39, 0.29) is 23.7 Å². The molecule has 0 fully saturated rings. The second kappa shape index (κ2) is 5.99. The van der Waals surface area contributed by atoms with Gasteiger partial charge >= 0.3 is 0 Å². The van der Waals surface area contributed by atoms with Crippen molar-refractivity contribution >= 4 is 11.6 Å². The summed E-state index contributed by atoms with van der Waals surface area (Å²) in [5, 5.41) is 6.14. The highest BCUT2D eigenvalue weighted by Crippen LogP contribution is 2.43. The smallest absolute Gasteiger partial charge is 0.240 e. The molecule has 0 bridgehead atoms. The van der Waals surface area contributed by atoms with Crippen molar-refractivity contribution in [2.75, 3.05) is 7.11 Å². The molecule has 0 saturated carbocycles. The average Bonchev–Trinajstić information content (AvgIpc) is 3.02. The van der Waals surface area contributed by atoms with Crippen LogP contribution >= 0.6 is 0 Å². The minimum atomic E-state index is -0.274. The van der Waals surface area contributed by atoms with E-state index in [0.717, 1.165) is 41.0 Å². The number of hydrogen-bond donors (Lipinski definition) is 0. The highest BCUT2D eigenvalue weighted by molar-refractivity contribution is 6.06. The zero-order chi connectivity index (χ0) is 17.6. The van der Waals surface area contributed by atoms with Gasteiger partial charge in [0.1, 0.15) is 11.6 Å². The topological polar surface area (TPSA) is 41.9 Å². The van der Waals surface area contributed by atoms with Crippen molar-refractivity contribution in [2.24, 2.45) is 11.0 Å². The van der Waals surface area contributed by atoms with Crippen molar-refractivity contribution in [2.45, 2.75) is 25.8 Å². The molecule has 4 nitrogen and oxygen atoms in total. The van der Waals surface area contributed by atoms with Crippen molar-refractivity contribution < 1.29 is 13.9 Å². The van der Waals surface area contributed by atoms with Gasteiger partial charge in [-0.1, -0.05) is 18.2 Å². The summed E-state index contributed by atoms with van der Waals surface area (Å²) in [5.74, 6) is 0.463. The number of amides is 1. The fourth-order valence-corrected chi connectivity index (χ4v) is 3.88. The SMILES string of the molecule is COc1ccc([C@H]2[C@@H]3CCc4ccc(F)cc4C3=NN2C(C)=O)cc1. The minimum absolute atomic E-state index is 0.0756. The molecule has 25 heavy (non-hydrogen) atoms. The summed E-state index contributed by atoms with van der Waals surface area (Å²) < 4.78 is 19.0. The standard InChI is InChI=1S/C20H19FN2O2/c1-12(24)23-20(14-4-8-16(25-2)9-5-14)17-10-6-13-3-7-15(21)11-18(13)19(17)22-23/h3-5,7-9,11,17,20H,6,10H2,1-2H3/t17-,20+/m1/s1. The molecule has 2 aromatic rings. The molecule has 0 aromatic heterocycles. The highest BCUT2D eigenvalue weighted by atomic mass is 19.1. The fraction of sp³-hybridized carbons (Fsp3) is 0.300. The van der Waals surface area contributed by atoms with Crippen molar-refractivity contribution in [3.05, 3.63) is 65.0 Å². The van der Waals surface area contributed by atoms with Crippen molar-refractivity contribution in [3.63, 3.8) is 0 Å². The van der Waals surface area contributed by atoms with Crippen LogP contribution in [0.4, 0.5) is 4.39 Å². The Morgan fingerprint density at radius 2 is 2.00 bits per heavy atom. The first kappa shape index (κ1) is 15.8. The largest absolute Gasteiger partial charge is 0.497 e. The number of carbonyl (C=O) groups is 1. The Bertz CT molecular complexity index is 860. The van der Waals surface area contributed by atoms with E-state index < -0.39 is 0 Å². The van der Waals surface area contributed by atoms with E-state index in [4.69, 9.17) is 4.74 Å². The van der Waals surface area contributed by atoms with Crippen molar-refractivity contribution in [3.8, 4) is 5.75 Å². The number of benzene rings is 2. The molecule has 2 aliphatic rings. The predicted octanol–water partition coefficient (Wildman–Crippen LogP) is 3.70. The van der Waals surface area contributed by atoms with Crippen LogP contribution in [0.5, 0.6) is 5.75 Å². The molecule has 0 unspecified atom stereocenters. The average molecular weight is 338 g/mol. The van der Waals surface area contributed by atoms with Gasteiger partial charge in [0, 0.05) is 18.4 Å². The van der Waals surface area contributed by atoms with Gasteiger partial charge in [-0.3, -0.25) is 4.79 Å². The Balaban J connectivity index is 1.78. The molecule has 0 N–H and O–H groups in total. The summed E-state index contributed by atoms with van der Waals surface area (Å²) in [6, 6.07) is 12.4.